The number of carbonyl (C=O) groups is 1. The fourth-order valence-corrected chi connectivity index (χ4v) is 2.11. The second-order valence-corrected chi connectivity index (χ2v) is 4.08. The lowest BCUT2D eigenvalue weighted by Gasteiger charge is -2.42. The van der Waals surface area contributed by atoms with Gasteiger partial charge in [0.25, 0.3) is 0 Å². The molecule has 0 aromatic rings. The van der Waals surface area contributed by atoms with Gasteiger partial charge in [-0.15, -0.1) is 0 Å². The number of rotatable bonds is 3. The Morgan fingerprint density at radius 1 is 1.12 bits per heavy atom. The van der Waals surface area contributed by atoms with E-state index in [2.05, 4.69) is 0 Å². The fourth-order valence-electron chi connectivity index (χ4n) is 2.11. The van der Waals surface area contributed by atoms with E-state index in [1.54, 1.807) is 14.2 Å². The minimum absolute atomic E-state index is 0.0601. The third-order valence-corrected chi connectivity index (χ3v) is 2.91. The van der Waals surface area contributed by atoms with Crippen LogP contribution >= 0.6 is 0 Å². The molecule has 0 bridgehead atoms. The first kappa shape index (κ1) is 13.4. The van der Waals surface area contributed by atoms with E-state index in [0.29, 0.717) is 0 Å². The van der Waals surface area contributed by atoms with Gasteiger partial charge in [-0.1, -0.05) is 6.92 Å². The van der Waals surface area contributed by atoms with Crippen LogP contribution in [-0.4, -0.2) is 44.8 Å². The average molecular weight is 232 g/mol. The van der Waals surface area contributed by atoms with Crippen molar-refractivity contribution in [1.82, 2.24) is 0 Å². The quantitative estimate of drug-likeness (QED) is 0.678. The Morgan fingerprint density at radius 2 is 1.69 bits per heavy atom. The van der Waals surface area contributed by atoms with Crippen LogP contribution in [0.15, 0.2) is 0 Å². The highest BCUT2D eigenvalue weighted by molar-refractivity contribution is 5.66. The Kier molecular flexibility index (Phi) is 4.70. The summed E-state index contributed by atoms with van der Waals surface area (Å²) in [7, 11) is 3.24. The predicted molar refractivity (Wildman–Crippen MR) is 56.9 cm³/mol. The molecule has 16 heavy (non-hydrogen) atoms. The summed E-state index contributed by atoms with van der Waals surface area (Å²) in [5.74, 6) is -0.412. The van der Waals surface area contributed by atoms with E-state index in [1.807, 2.05) is 13.8 Å². The van der Waals surface area contributed by atoms with Gasteiger partial charge in [0.1, 0.15) is 6.10 Å². The molecule has 0 radical (unpaired) electrons. The van der Waals surface area contributed by atoms with Gasteiger partial charge in [0.05, 0.1) is 12.2 Å². The first-order chi connectivity index (χ1) is 7.51. The van der Waals surface area contributed by atoms with Crippen LogP contribution in [0.1, 0.15) is 20.8 Å². The summed E-state index contributed by atoms with van der Waals surface area (Å²) in [5.41, 5.74) is 0. The molecule has 0 aliphatic carbocycles. The van der Waals surface area contributed by atoms with E-state index in [1.165, 1.54) is 6.92 Å². The SMILES string of the molecule is CO[C@H]1[C@@H](C)[C@@H](OC(C)=O)O[C@@H](C)[C@H]1OC. The molecule has 1 heterocycles. The van der Waals surface area contributed by atoms with Crippen molar-refractivity contribution in [2.45, 2.75) is 45.4 Å². The van der Waals surface area contributed by atoms with Gasteiger partial charge in [0.2, 0.25) is 6.29 Å². The van der Waals surface area contributed by atoms with Crippen LogP contribution in [0.25, 0.3) is 0 Å². The highest BCUT2D eigenvalue weighted by Crippen LogP contribution is 2.29. The van der Waals surface area contributed by atoms with Gasteiger partial charge in [-0.2, -0.15) is 0 Å². The summed E-state index contributed by atoms with van der Waals surface area (Å²) in [6.45, 7) is 5.16. The van der Waals surface area contributed by atoms with Crippen molar-refractivity contribution in [3.05, 3.63) is 0 Å². The van der Waals surface area contributed by atoms with Gasteiger partial charge < -0.3 is 18.9 Å². The molecular formula is C11H20O5. The number of methoxy groups -OCH3 is 2. The van der Waals surface area contributed by atoms with Gasteiger partial charge in [0, 0.05) is 27.1 Å². The van der Waals surface area contributed by atoms with Gasteiger partial charge in [-0.25, -0.2) is 0 Å². The minimum Gasteiger partial charge on any atom is -0.436 e. The van der Waals surface area contributed by atoms with Gasteiger partial charge >= 0.3 is 5.97 Å². The summed E-state index contributed by atoms with van der Waals surface area (Å²) in [5, 5.41) is 0. The van der Waals surface area contributed by atoms with Gasteiger partial charge in [-0.05, 0) is 6.92 Å². The maximum Gasteiger partial charge on any atom is 0.304 e. The molecule has 0 aromatic carbocycles. The molecule has 1 saturated heterocycles. The van der Waals surface area contributed by atoms with Crippen LogP contribution in [0.2, 0.25) is 0 Å². The van der Waals surface area contributed by atoms with Crippen molar-refractivity contribution in [2.75, 3.05) is 14.2 Å². The Labute approximate surface area is 96.0 Å². The van der Waals surface area contributed by atoms with Crippen molar-refractivity contribution in [1.29, 1.82) is 0 Å². The third kappa shape index (κ3) is 2.72. The van der Waals surface area contributed by atoms with Crippen molar-refractivity contribution >= 4 is 5.97 Å². The monoisotopic (exact) mass is 232 g/mol. The van der Waals surface area contributed by atoms with Crippen LogP contribution < -0.4 is 0 Å². The standard InChI is InChI=1S/C11H20O5/c1-6-9(13-4)10(14-5)7(2)15-11(6)16-8(3)12/h6-7,9-11H,1-5H3/t6-,7+,9+,10-,11-/m1/s1. The van der Waals surface area contributed by atoms with Gasteiger partial charge in [-0.3, -0.25) is 4.79 Å². The molecule has 94 valence electrons. The number of ether oxygens (including phenoxy) is 4. The third-order valence-electron chi connectivity index (χ3n) is 2.91. The fraction of sp³-hybridized carbons (Fsp3) is 0.909. The normalized spacial score (nSPS) is 39.4. The largest absolute Gasteiger partial charge is 0.436 e. The topological polar surface area (TPSA) is 54.0 Å². The molecule has 0 N–H and O–H groups in total. The molecule has 5 atom stereocenters. The number of esters is 1. The molecular weight excluding hydrogens is 212 g/mol. The molecule has 0 aromatic heterocycles. The molecule has 5 heteroatoms. The lowest BCUT2D eigenvalue weighted by atomic mass is 9.92. The van der Waals surface area contributed by atoms with E-state index in [4.69, 9.17) is 18.9 Å². The highest BCUT2D eigenvalue weighted by atomic mass is 16.7. The van der Waals surface area contributed by atoms with E-state index in [9.17, 15) is 4.79 Å². The first-order valence-electron chi connectivity index (χ1n) is 5.39. The zero-order valence-electron chi connectivity index (χ0n) is 10.4. The number of hydrogen-bond donors (Lipinski definition) is 0. The molecule has 0 amide bonds. The lowest BCUT2D eigenvalue weighted by Crippen LogP contribution is -2.55. The molecule has 1 fully saturated rings. The van der Waals surface area contributed by atoms with Crippen molar-refractivity contribution < 1.29 is 23.7 Å². The van der Waals surface area contributed by atoms with Crippen LogP contribution in [0, 0.1) is 5.92 Å². The van der Waals surface area contributed by atoms with Crippen molar-refractivity contribution in [3.63, 3.8) is 0 Å². The summed E-state index contributed by atoms with van der Waals surface area (Å²) in [6.07, 6.45) is -1.02. The van der Waals surface area contributed by atoms with Crippen LogP contribution in [0.5, 0.6) is 0 Å². The number of hydrogen-bond acceptors (Lipinski definition) is 5. The highest BCUT2D eigenvalue weighted by Gasteiger charge is 2.43. The molecule has 0 saturated carbocycles. The van der Waals surface area contributed by atoms with Crippen molar-refractivity contribution in [3.8, 4) is 0 Å². The number of carbonyl (C=O) groups excluding carboxylic acids is 1. The molecule has 1 aliphatic heterocycles. The molecule has 1 aliphatic rings. The molecule has 1 rings (SSSR count). The summed E-state index contributed by atoms with van der Waals surface area (Å²) in [4.78, 5) is 10.9. The minimum atomic E-state index is -0.566. The zero-order valence-corrected chi connectivity index (χ0v) is 10.4. The second-order valence-electron chi connectivity index (χ2n) is 4.08. The summed E-state index contributed by atoms with van der Waals surface area (Å²) >= 11 is 0. The van der Waals surface area contributed by atoms with E-state index in [0.717, 1.165) is 0 Å². The van der Waals surface area contributed by atoms with E-state index < -0.39 is 6.29 Å². The Balaban J connectivity index is 2.75. The summed E-state index contributed by atoms with van der Waals surface area (Å²) in [6, 6.07) is 0. The summed E-state index contributed by atoms with van der Waals surface area (Å²) < 4.78 is 21.4. The predicted octanol–water partition coefficient (Wildman–Crippen LogP) is 0.960. The smallest absolute Gasteiger partial charge is 0.304 e. The second kappa shape index (κ2) is 5.61. The molecule has 5 nitrogen and oxygen atoms in total. The molecule has 0 spiro atoms. The van der Waals surface area contributed by atoms with E-state index >= 15 is 0 Å². The first-order valence-corrected chi connectivity index (χ1v) is 5.39. The van der Waals surface area contributed by atoms with Crippen LogP contribution in [-0.2, 0) is 23.7 Å². The van der Waals surface area contributed by atoms with Crippen LogP contribution in [0.4, 0.5) is 0 Å². The Bertz CT molecular complexity index is 243. The van der Waals surface area contributed by atoms with Gasteiger partial charge in [0.15, 0.2) is 0 Å². The molecule has 0 unspecified atom stereocenters. The maximum absolute atomic E-state index is 10.9. The maximum atomic E-state index is 10.9. The zero-order chi connectivity index (χ0) is 12.3. The average Bonchev–Trinajstić information content (AvgIpc) is 2.21. The Morgan fingerprint density at radius 3 is 2.12 bits per heavy atom. The lowest BCUT2D eigenvalue weighted by molar-refractivity contribution is -0.272. The van der Waals surface area contributed by atoms with Crippen LogP contribution in [0.3, 0.4) is 0 Å². The Hall–Kier alpha value is -0.650. The van der Waals surface area contributed by atoms with Crippen molar-refractivity contribution in [2.24, 2.45) is 5.92 Å². The van der Waals surface area contributed by atoms with E-state index in [-0.39, 0.29) is 30.2 Å².